The molecule has 10 heteroatoms. The van der Waals surface area contributed by atoms with Crippen LogP contribution in [0.4, 0.5) is 8.78 Å². The Kier molecular flexibility index (Phi) is 11.0. The molecule has 0 aliphatic carbocycles. The maximum Gasteiger partial charge on any atom is 0.236 e. The van der Waals surface area contributed by atoms with Crippen LogP contribution in [0.25, 0.3) is 0 Å². The number of benzene rings is 2. The van der Waals surface area contributed by atoms with Crippen molar-refractivity contribution in [2.75, 3.05) is 39.3 Å². The summed E-state index contributed by atoms with van der Waals surface area (Å²) in [6.45, 7) is 4.71. The van der Waals surface area contributed by atoms with Crippen LogP contribution in [-0.4, -0.2) is 78.1 Å². The van der Waals surface area contributed by atoms with Crippen LogP contribution in [0.1, 0.15) is 24.5 Å². The van der Waals surface area contributed by atoms with Gasteiger partial charge in [0, 0.05) is 42.4 Å². The number of carbonyl (C=O) groups excluding carboxylic acids is 2. The van der Waals surface area contributed by atoms with E-state index < -0.39 is 23.8 Å². The van der Waals surface area contributed by atoms with Gasteiger partial charge in [-0.15, -0.1) is 0 Å². The second-order valence-electron chi connectivity index (χ2n) is 9.08. The molecule has 0 bridgehead atoms. The summed E-state index contributed by atoms with van der Waals surface area (Å²) in [5.74, 6) is -1.80. The van der Waals surface area contributed by atoms with Crippen molar-refractivity contribution in [2.45, 2.75) is 38.5 Å². The fraction of sp³-hybridized carbons (Fsp3) is 0.462. The minimum absolute atomic E-state index is 0.00230. The smallest absolute Gasteiger partial charge is 0.236 e. The molecule has 3 rings (SSSR count). The third-order valence-electron chi connectivity index (χ3n) is 6.02. The molecule has 1 fully saturated rings. The van der Waals surface area contributed by atoms with Crippen molar-refractivity contribution in [1.29, 1.82) is 0 Å². The van der Waals surface area contributed by atoms with Gasteiger partial charge in [-0.25, -0.2) is 8.78 Å². The lowest BCUT2D eigenvalue weighted by Gasteiger charge is -2.34. The number of aliphatic hydroxyl groups excluding tert-OH is 1. The Labute approximate surface area is 224 Å². The third-order valence-corrected chi connectivity index (χ3v) is 6.69. The van der Waals surface area contributed by atoms with Crippen molar-refractivity contribution < 1.29 is 23.5 Å². The molecular weight excluding hydrogens is 581 g/mol. The molecule has 0 aromatic heterocycles. The predicted molar refractivity (Wildman–Crippen MR) is 142 cm³/mol. The summed E-state index contributed by atoms with van der Waals surface area (Å²) in [6, 6.07) is 10.3. The zero-order valence-electron chi connectivity index (χ0n) is 20.4. The van der Waals surface area contributed by atoms with Gasteiger partial charge < -0.3 is 20.6 Å². The molecule has 1 heterocycles. The van der Waals surface area contributed by atoms with Crippen molar-refractivity contribution in [3.8, 4) is 0 Å². The summed E-state index contributed by atoms with van der Waals surface area (Å²) in [4.78, 5) is 28.7. The van der Waals surface area contributed by atoms with Gasteiger partial charge in [-0.05, 0) is 70.8 Å². The number of carbonyl (C=O) groups is 2. The van der Waals surface area contributed by atoms with Crippen LogP contribution in [0, 0.1) is 15.2 Å². The molecule has 0 radical (unpaired) electrons. The highest BCUT2D eigenvalue weighted by Gasteiger charge is 2.27. The van der Waals surface area contributed by atoms with Crippen LogP contribution in [0.3, 0.4) is 0 Å². The molecule has 3 N–H and O–H groups in total. The number of rotatable bonds is 12. The number of hydrogen-bond acceptors (Lipinski definition) is 5. The predicted octanol–water partition coefficient (Wildman–Crippen LogP) is 2.30. The highest BCUT2D eigenvalue weighted by atomic mass is 127. The molecule has 0 spiro atoms. The second-order valence-corrected chi connectivity index (χ2v) is 10.3. The topological polar surface area (TPSA) is 84.9 Å². The van der Waals surface area contributed by atoms with Gasteiger partial charge in [-0.3, -0.25) is 14.5 Å². The molecule has 2 unspecified atom stereocenters. The van der Waals surface area contributed by atoms with Crippen LogP contribution in [0.15, 0.2) is 42.5 Å². The Morgan fingerprint density at radius 2 is 1.89 bits per heavy atom. The lowest BCUT2D eigenvalue weighted by atomic mass is 10.0. The Morgan fingerprint density at radius 3 is 2.56 bits per heavy atom. The molecule has 2 atom stereocenters. The highest BCUT2D eigenvalue weighted by molar-refractivity contribution is 14.1. The van der Waals surface area contributed by atoms with Crippen LogP contribution in [0.5, 0.6) is 0 Å². The number of halogens is 3. The first kappa shape index (κ1) is 28.4. The normalized spacial score (nSPS) is 16.1. The lowest BCUT2D eigenvalue weighted by Crippen LogP contribution is -2.55. The third kappa shape index (κ3) is 9.06. The van der Waals surface area contributed by atoms with Crippen LogP contribution >= 0.6 is 22.6 Å². The van der Waals surface area contributed by atoms with E-state index in [1.807, 2.05) is 31.2 Å². The van der Waals surface area contributed by atoms with E-state index in [0.717, 1.165) is 21.6 Å². The summed E-state index contributed by atoms with van der Waals surface area (Å²) in [5.41, 5.74) is 1.38. The molecule has 2 amide bonds. The zero-order chi connectivity index (χ0) is 26.1. The van der Waals surface area contributed by atoms with Gasteiger partial charge in [0.2, 0.25) is 11.8 Å². The van der Waals surface area contributed by atoms with Gasteiger partial charge in [0.1, 0.15) is 11.6 Å². The van der Waals surface area contributed by atoms with Crippen LogP contribution in [-0.2, 0) is 22.6 Å². The Morgan fingerprint density at radius 1 is 1.14 bits per heavy atom. The molecular formula is C26H33F2IN4O3. The van der Waals surface area contributed by atoms with E-state index in [9.17, 15) is 23.5 Å². The van der Waals surface area contributed by atoms with Crippen molar-refractivity contribution in [2.24, 2.45) is 0 Å². The first-order chi connectivity index (χ1) is 17.2. The van der Waals surface area contributed by atoms with Crippen LogP contribution < -0.4 is 10.6 Å². The first-order valence-corrected chi connectivity index (χ1v) is 13.2. The minimum Gasteiger partial charge on any atom is -0.390 e. The van der Waals surface area contributed by atoms with E-state index in [2.05, 4.69) is 33.2 Å². The molecule has 1 aliphatic heterocycles. The molecule has 0 saturated carbocycles. The average Bonchev–Trinajstić information content (AvgIpc) is 2.80. The fourth-order valence-corrected chi connectivity index (χ4v) is 4.88. The van der Waals surface area contributed by atoms with Crippen molar-refractivity contribution in [3.63, 3.8) is 0 Å². The molecule has 1 saturated heterocycles. The highest BCUT2D eigenvalue weighted by Crippen LogP contribution is 2.13. The average molecular weight is 614 g/mol. The van der Waals surface area contributed by atoms with Crippen molar-refractivity contribution >= 4 is 34.4 Å². The van der Waals surface area contributed by atoms with Gasteiger partial charge in [-0.1, -0.05) is 19.1 Å². The van der Waals surface area contributed by atoms with E-state index >= 15 is 0 Å². The lowest BCUT2D eigenvalue weighted by molar-refractivity contribution is -0.137. The molecule has 7 nitrogen and oxygen atoms in total. The van der Waals surface area contributed by atoms with Crippen molar-refractivity contribution in [1.82, 2.24) is 20.4 Å². The van der Waals surface area contributed by atoms with Gasteiger partial charge in [0.25, 0.3) is 0 Å². The van der Waals surface area contributed by atoms with Gasteiger partial charge in [0.15, 0.2) is 0 Å². The second kappa shape index (κ2) is 14.0. The SMILES string of the molecule is CCCN1CCN(CC(=O)NC(Cc2cc(F)cc(F)c2)C(O)CNCc2cccc(I)c2)CC1=O. The number of hydrogen-bond donors (Lipinski definition) is 3. The molecule has 1 aliphatic rings. The fourth-order valence-electron chi connectivity index (χ4n) is 4.27. The number of aliphatic hydroxyl groups is 1. The van der Waals surface area contributed by atoms with E-state index in [0.29, 0.717) is 31.7 Å². The maximum atomic E-state index is 13.8. The molecule has 36 heavy (non-hydrogen) atoms. The molecule has 2 aromatic rings. The number of nitrogens with one attached hydrogen (secondary N) is 2. The Bertz CT molecular complexity index is 1020. The first-order valence-electron chi connectivity index (χ1n) is 12.1. The van der Waals surface area contributed by atoms with E-state index in [4.69, 9.17) is 0 Å². The van der Waals surface area contributed by atoms with E-state index in [1.54, 1.807) is 9.80 Å². The Balaban J connectivity index is 1.61. The standard InChI is InChI=1S/C26H33F2IN4O3/c1-2-6-33-8-7-32(17-26(33)36)16-25(35)31-23(12-19-9-20(27)13-21(28)10-19)24(34)15-30-14-18-4-3-5-22(29)11-18/h3-5,9-11,13,23-24,30,34H,2,6-8,12,14-17H2,1H3,(H,31,35). The number of piperazine rings is 1. The summed E-state index contributed by atoms with van der Waals surface area (Å²) in [5, 5.41) is 16.9. The summed E-state index contributed by atoms with van der Waals surface area (Å²) in [7, 11) is 0. The molecule has 196 valence electrons. The summed E-state index contributed by atoms with van der Waals surface area (Å²) >= 11 is 2.23. The number of nitrogens with zero attached hydrogens (tertiary/aromatic N) is 2. The summed E-state index contributed by atoms with van der Waals surface area (Å²) in [6.07, 6.45) is -0.0780. The van der Waals surface area contributed by atoms with Gasteiger partial charge in [0.05, 0.1) is 25.2 Å². The Hall–Kier alpha value is -2.15. The van der Waals surface area contributed by atoms with Gasteiger partial charge >= 0.3 is 0 Å². The largest absolute Gasteiger partial charge is 0.390 e. The van der Waals surface area contributed by atoms with E-state index in [1.165, 1.54) is 12.1 Å². The quantitative estimate of drug-likeness (QED) is 0.320. The monoisotopic (exact) mass is 614 g/mol. The number of amides is 2. The zero-order valence-corrected chi connectivity index (χ0v) is 22.5. The van der Waals surface area contributed by atoms with Crippen molar-refractivity contribution in [3.05, 3.63) is 68.8 Å². The van der Waals surface area contributed by atoms with Gasteiger partial charge in [-0.2, -0.15) is 0 Å². The molecule has 2 aromatic carbocycles. The minimum atomic E-state index is -1.01. The van der Waals surface area contributed by atoms with Crippen LogP contribution in [0.2, 0.25) is 0 Å². The summed E-state index contributed by atoms with van der Waals surface area (Å²) < 4.78 is 28.6. The maximum absolute atomic E-state index is 13.8. The van der Waals surface area contributed by atoms with E-state index in [-0.39, 0.29) is 37.9 Å².